The summed E-state index contributed by atoms with van der Waals surface area (Å²) in [5.41, 5.74) is 1.15. The van der Waals surface area contributed by atoms with Gasteiger partial charge in [0.1, 0.15) is 11.5 Å². The van der Waals surface area contributed by atoms with Crippen molar-refractivity contribution in [1.29, 1.82) is 0 Å². The van der Waals surface area contributed by atoms with E-state index in [-0.39, 0.29) is 0 Å². The molecule has 1 aliphatic rings. The molecule has 2 nitrogen and oxygen atoms in total. The average Bonchev–Trinajstić information content (AvgIpc) is 3.25. The van der Waals surface area contributed by atoms with Crippen LogP contribution < -0.4 is 10.1 Å². The van der Waals surface area contributed by atoms with Crippen LogP contribution in [-0.4, -0.2) is 6.04 Å². The van der Waals surface area contributed by atoms with Crippen LogP contribution in [0, 0.1) is 0 Å². The first kappa shape index (κ1) is 13.9. The lowest BCUT2D eigenvalue weighted by atomic mass is 10.2. The van der Waals surface area contributed by atoms with Crippen molar-refractivity contribution in [2.75, 3.05) is 0 Å². The fraction of sp³-hybridized carbons (Fsp3) is 0.250. The summed E-state index contributed by atoms with van der Waals surface area (Å²) in [6, 6.07) is 14.2. The topological polar surface area (TPSA) is 21.3 Å². The van der Waals surface area contributed by atoms with Gasteiger partial charge in [0.05, 0.1) is 0 Å². The van der Waals surface area contributed by atoms with E-state index in [1.807, 2.05) is 36.4 Å². The Morgan fingerprint density at radius 2 is 1.90 bits per heavy atom. The highest BCUT2D eigenvalue weighted by atomic mass is 79.9. The predicted octanol–water partition coefficient (Wildman–Crippen LogP) is 5.15. The zero-order chi connectivity index (χ0) is 13.9. The summed E-state index contributed by atoms with van der Waals surface area (Å²) in [5, 5.41) is 4.23. The summed E-state index contributed by atoms with van der Waals surface area (Å²) >= 11 is 9.40. The van der Waals surface area contributed by atoms with Gasteiger partial charge in [-0.05, 0) is 55.3 Å². The van der Waals surface area contributed by atoms with Gasteiger partial charge in [-0.2, -0.15) is 0 Å². The Morgan fingerprint density at radius 3 is 2.60 bits per heavy atom. The van der Waals surface area contributed by atoms with Gasteiger partial charge in [-0.25, -0.2) is 0 Å². The maximum atomic E-state index is 5.95. The Hall–Kier alpha value is -1.03. The highest BCUT2D eigenvalue weighted by Gasteiger charge is 2.20. The molecule has 2 aromatic rings. The van der Waals surface area contributed by atoms with E-state index in [0.717, 1.165) is 28.1 Å². The quantitative estimate of drug-likeness (QED) is 0.804. The van der Waals surface area contributed by atoms with E-state index in [1.54, 1.807) is 0 Å². The number of hydrogen-bond acceptors (Lipinski definition) is 2. The number of rotatable bonds is 5. The minimum Gasteiger partial charge on any atom is -0.457 e. The van der Waals surface area contributed by atoms with E-state index in [9.17, 15) is 0 Å². The molecule has 1 N–H and O–H groups in total. The normalized spacial score (nSPS) is 14.3. The van der Waals surface area contributed by atoms with Gasteiger partial charge in [0.15, 0.2) is 0 Å². The molecule has 0 heterocycles. The molecule has 0 atom stereocenters. The highest BCUT2D eigenvalue weighted by molar-refractivity contribution is 9.10. The Morgan fingerprint density at radius 1 is 1.15 bits per heavy atom. The molecule has 0 bridgehead atoms. The largest absolute Gasteiger partial charge is 0.457 e. The first-order valence-electron chi connectivity index (χ1n) is 6.66. The van der Waals surface area contributed by atoms with Crippen LogP contribution in [0.5, 0.6) is 11.5 Å². The summed E-state index contributed by atoms with van der Waals surface area (Å²) in [4.78, 5) is 0. The van der Waals surface area contributed by atoms with Crippen molar-refractivity contribution in [3.63, 3.8) is 0 Å². The molecule has 4 heteroatoms. The van der Waals surface area contributed by atoms with Crippen LogP contribution in [0.25, 0.3) is 0 Å². The van der Waals surface area contributed by atoms with Gasteiger partial charge in [0.2, 0.25) is 0 Å². The minimum atomic E-state index is 0.678. The van der Waals surface area contributed by atoms with Gasteiger partial charge in [0, 0.05) is 27.6 Å². The second kappa shape index (κ2) is 6.17. The smallest absolute Gasteiger partial charge is 0.131 e. The second-order valence-electron chi connectivity index (χ2n) is 4.96. The molecule has 0 aliphatic heterocycles. The van der Waals surface area contributed by atoms with E-state index in [1.165, 1.54) is 12.8 Å². The minimum absolute atomic E-state index is 0.678. The van der Waals surface area contributed by atoms with E-state index >= 15 is 0 Å². The Kier molecular flexibility index (Phi) is 4.29. The van der Waals surface area contributed by atoms with Gasteiger partial charge in [-0.1, -0.05) is 27.5 Å². The van der Waals surface area contributed by atoms with Crippen molar-refractivity contribution in [3.8, 4) is 11.5 Å². The van der Waals surface area contributed by atoms with Crippen LogP contribution >= 0.6 is 27.5 Å². The third-order valence-corrected chi connectivity index (χ3v) is 3.97. The molecule has 0 radical (unpaired) electrons. The zero-order valence-electron chi connectivity index (χ0n) is 10.9. The Labute approximate surface area is 132 Å². The standard InChI is InChI=1S/C16H15BrClNO/c17-12-1-8-16(11(9-12)10-19-14-4-5-14)20-15-6-2-13(18)3-7-15/h1-3,6-9,14,19H,4-5,10H2. The first-order chi connectivity index (χ1) is 9.70. The molecule has 0 spiro atoms. The SMILES string of the molecule is Clc1ccc(Oc2ccc(Br)cc2CNC2CC2)cc1. The highest BCUT2D eigenvalue weighted by Crippen LogP contribution is 2.29. The lowest BCUT2D eigenvalue weighted by molar-refractivity contribution is 0.472. The summed E-state index contributed by atoms with van der Waals surface area (Å²) < 4.78 is 7.02. The molecule has 0 aromatic heterocycles. The molecule has 1 saturated carbocycles. The lowest BCUT2D eigenvalue weighted by Gasteiger charge is -2.12. The summed E-state index contributed by atoms with van der Waals surface area (Å²) in [7, 11) is 0. The number of hydrogen-bond donors (Lipinski definition) is 1. The van der Waals surface area contributed by atoms with Gasteiger partial charge >= 0.3 is 0 Å². The molecule has 0 unspecified atom stereocenters. The van der Waals surface area contributed by atoms with Gasteiger partial charge in [-0.15, -0.1) is 0 Å². The van der Waals surface area contributed by atoms with Crippen molar-refractivity contribution >= 4 is 27.5 Å². The number of halogens is 2. The fourth-order valence-electron chi connectivity index (χ4n) is 1.96. The van der Waals surface area contributed by atoms with Crippen molar-refractivity contribution in [2.24, 2.45) is 0 Å². The summed E-state index contributed by atoms with van der Waals surface area (Å²) in [6.07, 6.45) is 2.56. The van der Waals surface area contributed by atoms with Crippen LogP contribution in [0.2, 0.25) is 5.02 Å². The van der Waals surface area contributed by atoms with E-state index in [2.05, 4.69) is 27.3 Å². The van der Waals surface area contributed by atoms with Crippen molar-refractivity contribution in [2.45, 2.75) is 25.4 Å². The predicted molar refractivity (Wildman–Crippen MR) is 85.5 cm³/mol. The molecule has 20 heavy (non-hydrogen) atoms. The molecular weight excluding hydrogens is 338 g/mol. The first-order valence-corrected chi connectivity index (χ1v) is 7.83. The second-order valence-corrected chi connectivity index (χ2v) is 6.32. The van der Waals surface area contributed by atoms with Crippen LogP contribution in [0.3, 0.4) is 0 Å². The molecule has 0 amide bonds. The number of benzene rings is 2. The molecule has 104 valence electrons. The Bertz CT molecular complexity index is 596. The molecule has 1 fully saturated rings. The van der Waals surface area contributed by atoms with Crippen molar-refractivity contribution < 1.29 is 4.74 Å². The van der Waals surface area contributed by atoms with Crippen LogP contribution in [0.1, 0.15) is 18.4 Å². The third kappa shape index (κ3) is 3.75. The van der Waals surface area contributed by atoms with Crippen LogP contribution in [0.15, 0.2) is 46.9 Å². The molecule has 0 saturated heterocycles. The van der Waals surface area contributed by atoms with Crippen LogP contribution in [-0.2, 0) is 6.54 Å². The van der Waals surface area contributed by atoms with E-state index in [4.69, 9.17) is 16.3 Å². The summed E-state index contributed by atoms with van der Waals surface area (Å²) in [6.45, 7) is 0.826. The van der Waals surface area contributed by atoms with Gasteiger partial charge in [-0.3, -0.25) is 0 Å². The van der Waals surface area contributed by atoms with Gasteiger partial charge in [0.25, 0.3) is 0 Å². The molecular formula is C16H15BrClNO. The Balaban J connectivity index is 1.77. The molecule has 3 rings (SSSR count). The molecule has 2 aromatic carbocycles. The van der Waals surface area contributed by atoms with Crippen molar-refractivity contribution in [3.05, 3.63) is 57.5 Å². The van der Waals surface area contributed by atoms with Crippen molar-refractivity contribution in [1.82, 2.24) is 5.32 Å². The maximum absolute atomic E-state index is 5.95. The van der Waals surface area contributed by atoms with E-state index in [0.29, 0.717) is 11.1 Å². The third-order valence-electron chi connectivity index (χ3n) is 3.22. The average molecular weight is 353 g/mol. The fourth-order valence-corrected chi connectivity index (χ4v) is 2.49. The number of nitrogens with one attached hydrogen (secondary N) is 1. The number of ether oxygens (including phenoxy) is 1. The maximum Gasteiger partial charge on any atom is 0.131 e. The summed E-state index contributed by atoms with van der Waals surface area (Å²) in [5.74, 6) is 1.67. The molecule has 1 aliphatic carbocycles. The van der Waals surface area contributed by atoms with E-state index < -0.39 is 0 Å². The zero-order valence-corrected chi connectivity index (χ0v) is 13.2. The lowest BCUT2D eigenvalue weighted by Crippen LogP contribution is -2.15. The van der Waals surface area contributed by atoms with Crippen LogP contribution in [0.4, 0.5) is 0 Å². The monoisotopic (exact) mass is 351 g/mol. The van der Waals surface area contributed by atoms with Gasteiger partial charge < -0.3 is 10.1 Å².